The van der Waals surface area contributed by atoms with Gasteiger partial charge in [-0.3, -0.25) is 14.6 Å². The van der Waals surface area contributed by atoms with E-state index in [2.05, 4.69) is 18.7 Å². The van der Waals surface area contributed by atoms with Crippen molar-refractivity contribution >= 4 is 29.2 Å². The molecule has 0 unspecified atom stereocenters. The van der Waals surface area contributed by atoms with Crippen molar-refractivity contribution < 1.29 is 9.59 Å². The number of halogens is 1. The zero-order valence-electron chi connectivity index (χ0n) is 14.4. The van der Waals surface area contributed by atoms with Crippen LogP contribution < -0.4 is 4.90 Å². The van der Waals surface area contributed by atoms with Crippen molar-refractivity contribution in [1.29, 1.82) is 0 Å². The molecule has 1 aliphatic carbocycles. The minimum atomic E-state index is -0.487. The van der Waals surface area contributed by atoms with Crippen LogP contribution in [0.2, 0.25) is 5.02 Å². The summed E-state index contributed by atoms with van der Waals surface area (Å²) in [6.45, 7) is 7.38. The molecule has 6 heteroatoms. The summed E-state index contributed by atoms with van der Waals surface area (Å²) in [5, 5.41) is 0.609. The van der Waals surface area contributed by atoms with E-state index in [1.165, 1.54) is 4.90 Å². The number of nitrogens with zero attached hydrogens (tertiary/aromatic N) is 3. The Morgan fingerprint density at radius 1 is 1.21 bits per heavy atom. The number of hydrogen-bond acceptors (Lipinski definition) is 3. The summed E-state index contributed by atoms with van der Waals surface area (Å²) in [6, 6.07) is 6.80. The highest BCUT2D eigenvalue weighted by Crippen LogP contribution is 2.31. The smallest absolute Gasteiger partial charge is 0.282 e. The van der Waals surface area contributed by atoms with Gasteiger partial charge < -0.3 is 0 Å². The Kier molecular flexibility index (Phi) is 4.83. The van der Waals surface area contributed by atoms with Gasteiger partial charge >= 0.3 is 6.03 Å². The van der Waals surface area contributed by atoms with Gasteiger partial charge in [-0.05, 0) is 49.9 Å². The highest BCUT2D eigenvalue weighted by molar-refractivity contribution is 6.30. The summed E-state index contributed by atoms with van der Waals surface area (Å²) in [7, 11) is 0. The predicted molar refractivity (Wildman–Crippen MR) is 95.1 cm³/mol. The van der Waals surface area contributed by atoms with Gasteiger partial charge in [0, 0.05) is 23.3 Å². The van der Waals surface area contributed by atoms with Crippen LogP contribution in [0.3, 0.4) is 0 Å². The molecule has 2 aliphatic rings. The van der Waals surface area contributed by atoms with Gasteiger partial charge in [-0.2, -0.15) is 0 Å². The Morgan fingerprint density at radius 3 is 2.38 bits per heavy atom. The lowest BCUT2D eigenvalue weighted by Crippen LogP contribution is -2.44. The Hall–Kier alpha value is -1.59. The monoisotopic (exact) mass is 349 g/mol. The first-order valence-corrected chi connectivity index (χ1v) is 8.90. The maximum absolute atomic E-state index is 12.8. The molecular weight excluding hydrogens is 326 g/mol. The Balaban J connectivity index is 1.78. The summed E-state index contributed by atoms with van der Waals surface area (Å²) in [5.41, 5.74) is 0.703. The maximum atomic E-state index is 12.8. The van der Waals surface area contributed by atoms with Gasteiger partial charge in [0.25, 0.3) is 5.91 Å². The van der Waals surface area contributed by atoms with Gasteiger partial charge in [0.05, 0.1) is 6.67 Å². The third kappa shape index (κ3) is 3.42. The third-order valence-corrected chi connectivity index (χ3v) is 4.79. The number of imide groups is 1. The zero-order valence-corrected chi connectivity index (χ0v) is 15.2. The van der Waals surface area contributed by atoms with Crippen molar-refractivity contribution in [3.05, 3.63) is 29.3 Å². The molecule has 0 aromatic heterocycles. The van der Waals surface area contributed by atoms with Crippen molar-refractivity contribution in [1.82, 2.24) is 9.80 Å². The summed E-state index contributed by atoms with van der Waals surface area (Å²) in [5.74, 6) is 0.368. The molecule has 2 fully saturated rings. The summed E-state index contributed by atoms with van der Waals surface area (Å²) < 4.78 is 0. The molecule has 24 heavy (non-hydrogen) atoms. The Morgan fingerprint density at radius 2 is 1.83 bits per heavy atom. The molecule has 3 rings (SSSR count). The fourth-order valence-electron chi connectivity index (χ4n) is 3.20. The Bertz CT molecular complexity index is 628. The molecule has 1 atom stereocenters. The van der Waals surface area contributed by atoms with E-state index in [1.54, 1.807) is 36.1 Å². The number of rotatable bonds is 6. The average molecular weight is 350 g/mol. The second kappa shape index (κ2) is 6.73. The second-order valence-electron chi connectivity index (χ2n) is 7.11. The van der Waals surface area contributed by atoms with Gasteiger partial charge in [0.2, 0.25) is 0 Å². The number of anilines is 1. The molecule has 130 valence electrons. The normalized spacial score (nSPS) is 21.5. The van der Waals surface area contributed by atoms with Crippen LogP contribution in [0.5, 0.6) is 0 Å². The standard InChI is InChI=1S/C18H24ClN3O2/c1-12(2)10-20(15-8-9-15)11-21-17(23)13(3)22(18(21)24)16-6-4-14(19)5-7-16/h4-7,12-13,15H,8-11H2,1-3H3/t13-/m0/s1. The quantitative estimate of drug-likeness (QED) is 0.737. The van der Waals surface area contributed by atoms with Crippen LogP contribution in [0.1, 0.15) is 33.6 Å². The summed E-state index contributed by atoms with van der Waals surface area (Å²) in [6.07, 6.45) is 2.30. The van der Waals surface area contributed by atoms with E-state index in [9.17, 15) is 9.59 Å². The van der Waals surface area contributed by atoms with Crippen molar-refractivity contribution in [3.63, 3.8) is 0 Å². The first-order valence-electron chi connectivity index (χ1n) is 8.52. The van der Waals surface area contributed by atoms with Gasteiger partial charge in [0.15, 0.2) is 0 Å². The minimum absolute atomic E-state index is 0.135. The van der Waals surface area contributed by atoms with Crippen molar-refractivity contribution in [2.24, 2.45) is 5.92 Å². The first-order chi connectivity index (χ1) is 11.4. The van der Waals surface area contributed by atoms with Gasteiger partial charge in [-0.1, -0.05) is 25.4 Å². The van der Waals surface area contributed by atoms with E-state index >= 15 is 0 Å². The van der Waals surface area contributed by atoms with Crippen LogP contribution in [-0.4, -0.2) is 47.0 Å². The number of amides is 3. The molecule has 1 aromatic carbocycles. The lowest BCUT2D eigenvalue weighted by molar-refractivity contribution is -0.128. The largest absolute Gasteiger partial charge is 0.333 e. The molecule has 1 saturated heterocycles. The molecule has 0 bridgehead atoms. The molecule has 0 spiro atoms. The SMILES string of the molecule is CC(C)CN(CN1C(=O)[C@H](C)N(c2ccc(Cl)cc2)C1=O)C1CC1. The second-order valence-corrected chi connectivity index (χ2v) is 7.55. The van der Waals surface area contributed by atoms with Crippen molar-refractivity contribution in [2.45, 2.75) is 45.7 Å². The van der Waals surface area contributed by atoms with Crippen LogP contribution in [-0.2, 0) is 4.79 Å². The summed E-state index contributed by atoms with van der Waals surface area (Å²) >= 11 is 5.92. The average Bonchev–Trinajstić information content (AvgIpc) is 3.34. The molecule has 0 radical (unpaired) electrons. The highest BCUT2D eigenvalue weighted by Gasteiger charge is 2.45. The predicted octanol–water partition coefficient (Wildman–Crippen LogP) is 3.58. The van der Waals surface area contributed by atoms with E-state index in [0.717, 1.165) is 19.4 Å². The molecule has 0 N–H and O–H groups in total. The van der Waals surface area contributed by atoms with Gasteiger partial charge in [-0.15, -0.1) is 0 Å². The van der Waals surface area contributed by atoms with Crippen LogP contribution in [0.4, 0.5) is 10.5 Å². The van der Waals surface area contributed by atoms with E-state index < -0.39 is 6.04 Å². The lowest BCUT2D eigenvalue weighted by atomic mass is 10.2. The fraction of sp³-hybridized carbons (Fsp3) is 0.556. The number of hydrogen-bond donors (Lipinski definition) is 0. The number of benzene rings is 1. The molecule has 5 nitrogen and oxygen atoms in total. The first kappa shape index (κ1) is 17.2. The lowest BCUT2D eigenvalue weighted by Gasteiger charge is -2.28. The van der Waals surface area contributed by atoms with Crippen LogP contribution in [0.15, 0.2) is 24.3 Å². The molecule has 1 saturated carbocycles. The topological polar surface area (TPSA) is 43.9 Å². The third-order valence-electron chi connectivity index (χ3n) is 4.54. The molecule has 1 aromatic rings. The van der Waals surface area contributed by atoms with E-state index in [1.807, 2.05) is 0 Å². The fourth-order valence-corrected chi connectivity index (χ4v) is 3.33. The molecular formula is C18H24ClN3O2. The number of urea groups is 1. The van der Waals surface area contributed by atoms with E-state index in [0.29, 0.717) is 29.3 Å². The minimum Gasteiger partial charge on any atom is -0.282 e. The molecule has 1 heterocycles. The van der Waals surface area contributed by atoms with Crippen molar-refractivity contribution in [3.8, 4) is 0 Å². The van der Waals surface area contributed by atoms with Gasteiger partial charge in [-0.25, -0.2) is 9.69 Å². The van der Waals surface area contributed by atoms with Crippen LogP contribution in [0, 0.1) is 5.92 Å². The maximum Gasteiger partial charge on any atom is 0.333 e. The Labute approximate surface area is 148 Å². The number of carbonyl (C=O) groups is 2. The number of carbonyl (C=O) groups excluding carboxylic acids is 2. The molecule has 3 amide bonds. The van der Waals surface area contributed by atoms with E-state index in [4.69, 9.17) is 11.6 Å². The molecule has 1 aliphatic heterocycles. The zero-order chi connectivity index (χ0) is 17.4. The van der Waals surface area contributed by atoms with Crippen LogP contribution >= 0.6 is 11.6 Å². The highest BCUT2D eigenvalue weighted by atomic mass is 35.5. The van der Waals surface area contributed by atoms with Gasteiger partial charge in [0.1, 0.15) is 6.04 Å². The summed E-state index contributed by atoms with van der Waals surface area (Å²) in [4.78, 5) is 30.7. The van der Waals surface area contributed by atoms with Crippen molar-refractivity contribution in [2.75, 3.05) is 18.1 Å². The van der Waals surface area contributed by atoms with Crippen LogP contribution in [0.25, 0.3) is 0 Å². The van der Waals surface area contributed by atoms with E-state index in [-0.39, 0.29) is 11.9 Å².